The minimum Gasteiger partial charge on any atom is -0.369 e. The average Bonchev–Trinajstić information content (AvgIpc) is 2.81. The molecule has 1 atom stereocenters. The van der Waals surface area contributed by atoms with Crippen molar-refractivity contribution in [2.45, 2.75) is 6.42 Å². The summed E-state index contributed by atoms with van der Waals surface area (Å²) in [5.74, 6) is -0.768. The molecule has 1 unspecified atom stereocenters. The first-order valence-electron chi connectivity index (χ1n) is 5.53. The van der Waals surface area contributed by atoms with Gasteiger partial charge in [0.2, 0.25) is 5.91 Å². The van der Waals surface area contributed by atoms with Gasteiger partial charge in [0.05, 0.1) is 16.5 Å². The van der Waals surface area contributed by atoms with E-state index in [0.717, 1.165) is 0 Å². The van der Waals surface area contributed by atoms with Crippen molar-refractivity contribution < 1.29 is 9.59 Å². The number of hydrogen-bond donors (Lipinski definition) is 1. The van der Waals surface area contributed by atoms with Gasteiger partial charge in [0.15, 0.2) is 0 Å². The fourth-order valence-corrected chi connectivity index (χ4v) is 2.59. The van der Waals surface area contributed by atoms with E-state index in [1.807, 2.05) is 0 Å². The van der Waals surface area contributed by atoms with Crippen molar-refractivity contribution in [3.63, 3.8) is 0 Å². The number of likely N-dealkylation sites (tertiary alicyclic amines) is 1. The molecule has 0 bridgehead atoms. The molecule has 1 fully saturated rings. The zero-order valence-electron chi connectivity index (χ0n) is 9.53. The Morgan fingerprint density at radius 3 is 2.78 bits per heavy atom. The van der Waals surface area contributed by atoms with Crippen LogP contribution < -0.4 is 5.73 Å². The summed E-state index contributed by atoms with van der Waals surface area (Å²) in [4.78, 5) is 24.9. The van der Waals surface area contributed by atoms with E-state index in [0.29, 0.717) is 34.6 Å². The van der Waals surface area contributed by atoms with Crippen LogP contribution in [0, 0.1) is 5.92 Å². The first kappa shape index (κ1) is 13.4. The van der Waals surface area contributed by atoms with Crippen LogP contribution in [0.3, 0.4) is 0 Å². The number of nitrogens with zero attached hydrogens (tertiary/aromatic N) is 1. The summed E-state index contributed by atoms with van der Waals surface area (Å²) in [5, 5.41) is 0.394. The smallest absolute Gasteiger partial charge is 0.255 e. The topological polar surface area (TPSA) is 63.4 Å². The van der Waals surface area contributed by atoms with Crippen LogP contribution in [-0.4, -0.2) is 29.8 Å². The monoisotopic (exact) mass is 330 g/mol. The highest BCUT2D eigenvalue weighted by Crippen LogP contribution is 2.28. The summed E-state index contributed by atoms with van der Waals surface area (Å²) >= 11 is 9.36. The zero-order valence-corrected chi connectivity index (χ0v) is 11.9. The Bertz CT molecular complexity index is 507. The van der Waals surface area contributed by atoms with Crippen molar-refractivity contribution in [1.82, 2.24) is 4.90 Å². The second kappa shape index (κ2) is 5.28. The molecule has 2 rings (SSSR count). The summed E-state index contributed by atoms with van der Waals surface area (Å²) in [7, 11) is 0. The number of nitrogens with two attached hydrogens (primary N) is 1. The third-order valence-electron chi connectivity index (χ3n) is 3.06. The van der Waals surface area contributed by atoms with Gasteiger partial charge in [-0.3, -0.25) is 9.59 Å². The summed E-state index contributed by atoms with van der Waals surface area (Å²) in [6, 6.07) is 5.20. The number of amides is 2. The van der Waals surface area contributed by atoms with E-state index in [9.17, 15) is 9.59 Å². The van der Waals surface area contributed by atoms with Gasteiger partial charge in [-0.2, -0.15) is 0 Å². The molecular formula is C12H12BrClN2O2. The maximum absolute atomic E-state index is 12.3. The summed E-state index contributed by atoms with van der Waals surface area (Å²) in [6.45, 7) is 0.909. The lowest BCUT2D eigenvalue weighted by atomic mass is 10.1. The van der Waals surface area contributed by atoms with Gasteiger partial charge in [-0.15, -0.1) is 0 Å². The van der Waals surface area contributed by atoms with E-state index in [-0.39, 0.29) is 17.7 Å². The molecule has 1 aliphatic rings. The number of halogens is 2. The van der Waals surface area contributed by atoms with Gasteiger partial charge in [0.1, 0.15) is 0 Å². The molecule has 1 heterocycles. The molecule has 6 heteroatoms. The van der Waals surface area contributed by atoms with Crippen LogP contribution in [0.1, 0.15) is 16.8 Å². The van der Waals surface area contributed by atoms with Crippen LogP contribution in [0.4, 0.5) is 0 Å². The number of carbonyl (C=O) groups excluding carboxylic acids is 2. The number of primary amides is 1. The minimum atomic E-state index is -0.356. The van der Waals surface area contributed by atoms with Crippen molar-refractivity contribution in [3.8, 4) is 0 Å². The Morgan fingerprint density at radius 2 is 2.17 bits per heavy atom. The van der Waals surface area contributed by atoms with Crippen molar-refractivity contribution >= 4 is 39.3 Å². The van der Waals surface area contributed by atoms with Crippen LogP contribution in [0.25, 0.3) is 0 Å². The molecule has 0 aliphatic carbocycles. The first-order valence-corrected chi connectivity index (χ1v) is 6.70. The van der Waals surface area contributed by atoms with Gasteiger partial charge in [0, 0.05) is 17.6 Å². The van der Waals surface area contributed by atoms with E-state index >= 15 is 0 Å². The molecule has 1 aliphatic heterocycles. The van der Waals surface area contributed by atoms with Crippen LogP contribution in [-0.2, 0) is 4.79 Å². The molecule has 1 aromatic rings. The van der Waals surface area contributed by atoms with Gasteiger partial charge in [-0.05, 0) is 34.5 Å². The highest BCUT2D eigenvalue weighted by atomic mass is 79.9. The largest absolute Gasteiger partial charge is 0.369 e. The molecule has 96 valence electrons. The Hall–Kier alpha value is -1.07. The Kier molecular flexibility index (Phi) is 3.92. The molecule has 0 radical (unpaired) electrons. The summed E-state index contributed by atoms with van der Waals surface area (Å²) < 4.78 is 0.681. The van der Waals surface area contributed by atoms with Crippen molar-refractivity contribution in [2.75, 3.05) is 13.1 Å². The molecular weight excluding hydrogens is 320 g/mol. The van der Waals surface area contributed by atoms with Gasteiger partial charge in [-0.1, -0.05) is 17.7 Å². The quantitative estimate of drug-likeness (QED) is 0.901. The van der Waals surface area contributed by atoms with Crippen molar-refractivity contribution in [2.24, 2.45) is 11.7 Å². The van der Waals surface area contributed by atoms with Gasteiger partial charge < -0.3 is 10.6 Å². The Morgan fingerprint density at radius 1 is 1.44 bits per heavy atom. The van der Waals surface area contributed by atoms with Crippen LogP contribution in [0.5, 0.6) is 0 Å². The zero-order chi connectivity index (χ0) is 13.3. The molecule has 2 amide bonds. The average molecular weight is 332 g/mol. The Balaban J connectivity index is 2.18. The standard InChI is InChI=1S/C12H12BrClN2O2/c13-9-3-1-2-8(10(9)14)12(18)16-5-4-7(6-16)11(15)17/h1-3,7H,4-6H2,(H2,15,17). The van der Waals surface area contributed by atoms with Crippen LogP contribution >= 0.6 is 27.5 Å². The first-order chi connectivity index (χ1) is 8.50. The minimum absolute atomic E-state index is 0.162. The lowest BCUT2D eigenvalue weighted by molar-refractivity contribution is -0.121. The highest BCUT2D eigenvalue weighted by Gasteiger charge is 2.31. The Labute approximate surface area is 118 Å². The van der Waals surface area contributed by atoms with E-state index < -0.39 is 0 Å². The van der Waals surface area contributed by atoms with E-state index in [1.54, 1.807) is 23.1 Å². The molecule has 18 heavy (non-hydrogen) atoms. The molecule has 0 saturated carbocycles. The van der Waals surface area contributed by atoms with Gasteiger partial charge in [0.25, 0.3) is 5.91 Å². The number of rotatable bonds is 2. The predicted octanol–water partition coefficient (Wildman–Crippen LogP) is 2.05. The fourth-order valence-electron chi connectivity index (χ4n) is 2.02. The molecule has 0 spiro atoms. The summed E-state index contributed by atoms with van der Waals surface area (Å²) in [6.07, 6.45) is 0.618. The van der Waals surface area contributed by atoms with E-state index in [1.165, 1.54) is 0 Å². The maximum atomic E-state index is 12.3. The molecule has 0 aromatic heterocycles. The third kappa shape index (κ3) is 2.52. The van der Waals surface area contributed by atoms with Gasteiger partial charge in [-0.25, -0.2) is 0 Å². The summed E-state index contributed by atoms with van der Waals surface area (Å²) in [5.41, 5.74) is 5.68. The lowest BCUT2D eigenvalue weighted by Crippen LogP contribution is -2.31. The molecule has 1 saturated heterocycles. The predicted molar refractivity (Wildman–Crippen MR) is 72.4 cm³/mol. The molecule has 4 nitrogen and oxygen atoms in total. The number of hydrogen-bond acceptors (Lipinski definition) is 2. The number of carbonyl (C=O) groups is 2. The SMILES string of the molecule is NC(=O)C1CCN(C(=O)c2cccc(Br)c2Cl)C1. The van der Waals surface area contributed by atoms with Crippen molar-refractivity contribution in [3.05, 3.63) is 33.3 Å². The van der Waals surface area contributed by atoms with Crippen LogP contribution in [0.15, 0.2) is 22.7 Å². The third-order valence-corrected chi connectivity index (χ3v) is 4.36. The van der Waals surface area contributed by atoms with Crippen molar-refractivity contribution in [1.29, 1.82) is 0 Å². The van der Waals surface area contributed by atoms with Gasteiger partial charge >= 0.3 is 0 Å². The second-order valence-corrected chi connectivity index (χ2v) is 5.47. The highest BCUT2D eigenvalue weighted by molar-refractivity contribution is 9.10. The lowest BCUT2D eigenvalue weighted by Gasteiger charge is -2.17. The normalized spacial score (nSPS) is 19.0. The molecule has 2 N–H and O–H groups in total. The van der Waals surface area contributed by atoms with Crippen LogP contribution in [0.2, 0.25) is 5.02 Å². The second-order valence-electron chi connectivity index (χ2n) is 4.24. The van der Waals surface area contributed by atoms with E-state index in [4.69, 9.17) is 17.3 Å². The molecule has 1 aromatic carbocycles. The maximum Gasteiger partial charge on any atom is 0.255 e. The fraction of sp³-hybridized carbons (Fsp3) is 0.333. The van der Waals surface area contributed by atoms with E-state index in [2.05, 4.69) is 15.9 Å². The number of benzene rings is 1.